The molecule has 0 radical (unpaired) electrons. The molecule has 0 bridgehead atoms. The molecule has 8 heteroatoms. The second kappa shape index (κ2) is 9.24. The third kappa shape index (κ3) is 4.43. The van der Waals surface area contributed by atoms with Gasteiger partial charge in [0.15, 0.2) is 18.1 Å². The first-order chi connectivity index (χ1) is 13.7. The minimum absolute atomic E-state index is 0.239. The lowest BCUT2D eigenvalue weighted by atomic mass is 9.96. The highest BCUT2D eigenvalue weighted by Gasteiger charge is 2.21. The Kier molecular flexibility index (Phi) is 6.50. The number of thiophene rings is 1. The lowest BCUT2D eigenvalue weighted by Gasteiger charge is -2.09. The zero-order valence-corrected chi connectivity index (χ0v) is 16.6. The first-order valence-electron chi connectivity index (χ1n) is 8.88. The van der Waals surface area contributed by atoms with Gasteiger partial charge >= 0.3 is 0 Å². The van der Waals surface area contributed by atoms with Gasteiger partial charge in [-0.25, -0.2) is 0 Å². The van der Waals surface area contributed by atoms with Crippen LogP contribution in [0.5, 0.6) is 11.5 Å². The van der Waals surface area contributed by atoms with Gasteiger partial charge in [-0.1, -0.05) is 5.16 Å². The van der Waals surface area contributed by atoms with Crippen molar-refractivity contribution in [2.24, 2.45) is 5.16 Å². The third-order valence-electron chi connectivity index (χ3n) is 4.42. The number of anilines is 1. The van der Waals surface area contributed by atoms with Crippen molar-refractivity contribution in [3.05, 3.63) is 39.8 Å². The van der Waals surface area contributed by atoms with Crippen molar-refractivity contribution in [3.63, 3.8) is 0 Å². The fraction of sp³-hybridized carbons (Fsp3) is 0.350. The smallest absolute Gasteiger partial charge is 0.265 e. The Labute approximate surface area is 167 Å². The molecule has 0 fully saturated rings. The molecule has 1 aromatic heterocycles. The van der Waals surface area contributed by atoms with Gasteiger partial charge in [0.25, 0.3) is 5.91 Å². The van der Waals surface area contributed by atoms with Crippen molar-refractivity contribution in [3.8, 4) is 17.6 Å². The van der Waals surface area contributed by atoms with E-state index < -0.39 is 0 Å². The number of methoxy groups -OCH3 is 2. The molecule has 146 valence electrons. The zero-order chi connectivity index (χ0) is 19.9. The highest BCUT2D eigenvalue weighted by Crippen LogP contribution is 2.37. The molecule has 1 heterocycles. The van der Waals surface area contributed by atoms with Crippen LogP contribution in [0.4, 0.5) is 5.00 Å². The van der Waals surface area contributed by atoms with E-state index in [0.717, 1.165) is 36.8 Å². The molecule has 28 heavy (non-hydrogen) atoms. The molecule has 7 nitrogen and oxygen atoms in total. The molecule has 0 saturated carbocycles. The van der Waals surface area contributed by atoms with Gasteiger partial charge < -0.3 is 19.6 Å². The molecule has 3 rings (SSSR count). The normalized spacial score (nSPS) is 12.9. The minimum atomic E-state index is -0.348. The standard InChI is InChI=1S/C20H21N3O4S/c1-25-16-8-7-13(9-17(16)26-2)11-22-27-12-19(24)23-20-15(10-21)14-5-3-4-6-18(14)28-20/h7-9,11H,3-6,12H2,1-2H3,(H,23,24)/b22-11+. The molecular weight excluding hydrogens is 378 g/mol. The minimum Gasteiger partial charge on any atom is -0.493 e. The van der Waals surface area contributed by atoms with Crippen LogP contribution in [0.25, 0.3) is 0 Å². The Hall–Kier alpha value is -3.05. The molecule has 1 amide bonds. The summed E-state index contributed by atoms with van der Waals surface area (Å²) >= 11 is 1.48. The molecule has 1 aliphatic rings. The number of nitrogens with zero attached hydrogens (tertiary/aromatic N) is 2. The number of carbonyl (C=O) groups is 1. The molecule has 0 saturated heterocycles. The lowest BCUT2D eigenvalue weighted by Crippen LogP contribution is -2.17. The highest BCUT2D eigenvalue weighted by atomic mass is 32.1. The Morgan fingerprint density at radius 3 is 2.82 bits per heavy atom. The zero-order valence-electron chi connectivity index (χ0n) is 15.8. The Bertz CT molecular complexity index is 930. The van der Waals surface area contributed by atoms with E-state index in [0.29, 0.717) is 22.1 Å². The predicted octanol–water partition coefficient (Wildman–Crippen LogP) is 3.50. The first kappa shape index (κ1) is 19.7. The Morgan fingerprint density at radius 1 is 1.29 bits per heavy atom. The van der Waals surface area contributed by atoms with Gasteiger partial charge in [-0.3, -0.25) is 4.79 Å². The van der Waals surface area contributed by atoms with E-state index in [9.17, 15) is 10.1 Å². The number of aryl methyl sites for hydroxylation is 1. The average molecular weight is 399 g/mol. The fourth-order valence-corrected chi connectivity index (χ4v) is 4.32. The van der Waals surface area contributed by atoms with Crippen LogP contribution in [-0.2, 0) is 22.5 Å². The summed E-state index contributed by atoms with van der Waals surface area (Å²) in [6, 6.07) is 7.53. The number of hydrogen-bond acceptors (Lipinski definition) is 7. The second-order valence-electron chi connectivity index (χ2n) is 6.20. The van der Waals surface area contributed by atoms with Gasteiger partial charge in [0.05, 0.1) is 26.0 Å². The van der Waals surface area contributed by atoms with Crippen LogP contribution in [0.2, 0.25) is 0 Å². The van der Waals surface area contributed by atoms with Crippen molar-refractivity contribution in [1.82, 2.24) is 0 Å². The lowest BCUT2D eigenvalue weighted by molar-refractivity contribution is -0.120. The third-order valence-corrected chi connectivity index (χ3v) is 5.62. The summed E-state index contributed by atoms with van der Waals surface area (Å²) in [5.41, 5.74) is 2.42. The fourth-order valence-electron chi connectivity index (χ4n) is 3.06. The van der Waals surface area contributed by atoms with Gasteiger partial charge in [-0.15, -0.1) is 11.3 Å². The number of amides is 1. The highest BCUT2D eigenvalue weighted by molar-refractivity contribution is 7.16. The maximum absolute atomic E-state index is 12.1. The summed E-state index contributed by atoms with van der Waals surface area (Å²) in [7, 11) is 3.12. The van der Waals surface area contributed by atoms with E-state index in [2.05, 4.69) is 16.5 Å². The molecule has 2 aromatic rings. The summed E-state index contributed by atoms with van der Waals surface area (Å²) in [5.74, 6) is 0.848. The van der Waals surface area contributed by atoms with Crippen LogP contribution in [0, 0.1) is 11.3 Å². The van der Waals surface area contributed by atoms with E-state index in [1.54, 1.807) is 32.4 Å². The maximum atomic E-state index is 12.1. The molecule has 1 aromatic carbocycles. The Balaban J connectivity index is 1.56. The number of nitrogens with one attached hydrogen (secondary N) is 1. The summed E-state index contributed by atoms with van der Waals surface area (Å²) in [5, 5.41) is 16.6. The van der Waals surface area contributed by atoms with Gasteiger partial charge in [0, 0.05) is 10.4 Å². The SMILES string of the molecule is COc1ccc(/C=N/OCC(=O)Nc2sc3c(c2C#N)CCCC3)cc1OC. The largest absolute Gasteiger partial charge is 0.493 e. The van der Waals surface area contributed by atoms with Crippen LogP contribution >= 0.6 is 11.3 Å². The number of oxime groups is 1. The average Bonchev–Trinajstić information content (AvgIpc) is 3.07. The molecule has 0 spiro atoms. The number of nitriles is 1. The number of fused-ring (bicyclic) bond motifs is 1. The van der Waals surface area contributed by atoms with Crippen molar-refractivity contribution in [2.75, 3.05) is 26.1 Å². The summed E-state index contributed by atoms with van der Waals surface area (Å²) in [4.78, 5) is 18.4. The number of rotatable bonds is 7. The van der Waals surface area contributed by atoms with E-state index >= 15 is 0 Å². The topological polar surface area (TPSA) is 92.9 Å². The quantitative estimate of drug-likeness (QED) is 0.568. The molecule has 1 aliphatic carbocycles. The number of benzene rings is 1. The molecule has 0 atom stereocenters. The predicted molar refractivity (Wildman–Crippen MR) is 107 cm³/mol. The van der Waals surface area contributed by atoms with E-state index in [-0.39, 0.29) is 12.5 Å². The van der Waals surface area contributed by atoms with E-state index in [4.69, 9.17) is 14.3 Å². The van der Waals surface area contributed by atoms with E-state index in [1.165, 1.54) is 22.4 Å². The van der Waals surface area contributed by atoms with Crippen LogP contribution in [-0.4, -0.2) is 32.9 Å². The van der Waals surface area contributed by atoms with Crippen LogP contribution in [0.3, 0.4) is 0 Å². The van der Waals surface area contributed by atoms with Crippen molar-refractivity contribution >= 4 is 28.5 Å². The molecular formula is C20H21N3O4S. The van der Waals surface area contributed by atoms with Crippen LogP contribution < -0.4 is 14.8 Å². The van der Waals surface area contributed by atoms with Gasteiger partial charge in [0.1, 0.15) is 11.1 Å². The summed E-state index contributed by atoms with van der Waals surface area (Å²) < 4.78 is 10.4. The number of carbonyl (C=O) groups excluding carboxylic acids is 1. The van der Waals surface area contributed by atoms with Gasteiger partial charge in [-0.05, 0) is 49.4 Å². The number of hydrogen-bond donors (Lipinski definition) is 1. The molecule has 0 aliphatic heterocycles. The Morgan fingerprint density at radius 2 is 2.07 bits per heavy atom. The summed E-state index contributed by atoms with van der Waals surface area (Å²) in [6.45, 7) is -0.239. The van der Waals surface area contributed by atoms with Crippen LogP contribution in [0.15, 0.2) is 23.4 Å². The maximum Gasteiger partial charge on any atom is 0.265 e. The van der Waals surface area contributed by atoms with Gasteiger partial charge in [0.2, 0.25) is 0 Å². The van der Waals surface area contributed by atoms with Gasteiger partial charge in [-0.2, -0.15) is 5.26 Å². The van der Waals surface area contributed by atoms with Crippen molar-refractivity contribution < 1.29 is 19.1 Å². The monoisotopic (exact) mass is 399 g/mol. The molecule has 1 N–H and O–H groups in total. The van der Waals surface area contributed by atoms with E-state index in [1.807, 2.05) is 0 Å². The van der Waals surface area contributed by atoms with Crippen molar-refractivity contribution in [2.45, 2.75) is 25.7 Å². The van der Waals surface area contributed by atoms with Crippen molar-refractivity contribution in [1.29, 1.82) is 5.26 Å². The van der Waals surface area contributed by atoms with Crippen LogP contribution in [0.1, 0.15) is 34.4 Å². The summed E-state index contributed by atoms with van der Waals surface area (Å²) in [6.07, 6.45) is 5.56. The second-order valence-corrected chi connectivity index (χ2v) is 7.30. The number of ether oxygens (including phenoxy) is 2. The molecule has 0 unspecified atom stereocenters. The first-order valence-corrected chi connectivity index (χ1v) is 9.69.